The lowest BCUT2D eigenvalue weighted by Gasteiger charge is -2.55. The number of hydrogen-bond acceptors (Lipinski definition) is 6. The van der Waals surface area contributed by atoms with Gasteiger partial charge in [-0.25, -0.2) is 4.98 Å². The van der Waals surface area contributed by atoms with Crippen molar-refractivity contribution in [2.45, 2.75) is 108 Å². The van der Waals surface area contributed by atoms with E-state index in [0.717, 1.165) is 30.2 Å². The van der Waals surface area contributed by atoms with Crippen LogP contribution in [0.15, 0.2) is 34.2 Å². The smallest absolute Gasteiger partial charge is 0.303 e. The van der Waals surface area contributed by atoms with Crippen LogP contribution in [0.5, 0.6) is 0 Å². The molecule has 8 heteroatoms. The molecule has 0 amide bonds. The van der Waals surface area contributed by atoms with Crippen LogP contribution in [0.1, 0.15) is 95.2 Å². The van der Waals surface area contributed by atoms with Crippen molar-refractivity contribution in [2.75, 3.05) is 0 Å². The maximum Gasteiger partial charge on any atom is 0.303 e. The number of para-hydroxylation sites is 2. The van der Waals surface area contributed by atoms with Gasteiger partial charge in [-0.2, -0.15) is 0 Å². The summed E-state index contributed by atoms with van der Waals surface area (Å²) in [6.45, 7) is 0. The van der Waals surface area contributed by atoms with Crippen molar-refractivity contribution in [2.24, 2.45) is 17.0 Å². The van der Waals surface area contributed by atoms with Crippen LogP contribution < -0.4 is 5.56 Å². The topological polar surface area (TPSA) is 108 Å². The fourth-order valence-corrected chi connectivity index (χ4v) is 8.28. The van der Waals surface area contributed by atoms with E-state index in [9.17, 15) is 14.8 Å². The largest absolute Gasteiger partial charge is 0.481 e. The molecule has 3 unspecified atom stereocenters. The highest BCUT2D eigenvalue weighted by Gasteiger charge is 2.45. The zero-order chi connectivity index (χ0) is 25.5. The zero-order valence-electron chi connectivity index (χ0n) is 21.5. The Morgan fingerprint density at radius 3 is 2.24 bits per heavy atom. The first kappa shape index (κ1) is 24.6. The Bertz CT molecular complexity index is 1230. The predicted molar refractivity (Wildman–Crippen MR) is 141 cm³/mol. The summed E-state index contributed by atoms with van der Waals surface area (Å²) in [7, 11) is 0. The molecular formula is C29H38N4O4. The second kappa shape index (κ2) is 10.2. The lowest BCUT2D eigenvalue weighted by atomic mass is 9.68. The lowest BCUT2D eigenvalue weighted by molar-refractivity contribution is -0.136. The molecule has 2 N–H and O–H groups in total. The first-order valence-corrected chi connectivity index (χ1v) is 14.2. The number of carboxylic acids is 1. The number of aromatic nitrogens is 2. The summed E-state index contributed by atoms with van der Waals surface area (Å²) in [5.41, 5.74) is 1.30. The van der Waals surface area contributed by atoms with E-state index in [4.69, 9.17) is 5.11 Å². The molecule has 1 aromatic heterocycles. The quantitative estimate of drug-likeness (QED) is 0.325. The molecule has 1 aromatic carbocycles. The van der Waals surface area contributed by atoms with Crippen molar-refractivity contribution < 1.29 is 15.1 Å². The highest BCUT2D eigenvalue weighted by Crippen LogP contribution is 2.47. The van der Waals surface area contributed by atoms with Crippen molar-refractivity contribution >= 4 is 22.7 Å². The Kier molecular flexibility index (Phi) is 6.78. The van der Waals surface area contributed by atoms with E-state index in [0.29, 0.717) is 23.6 Å². The van der Waals surface area contributed by atoms with Crippen molar-refractivity contribution in [1.29, 1.82) is 0 Å². The van der Waals surface area contributed by atoms with E-state index >= 15 is 0 Å². The van der Waals surface area contributed by atoms with Gasteiger partial charge in [-0.05, 0) is 68.9 Å². The first-order valence-electron chi connectivity index (χ1n) is 14.2. The molecule has 0 spiro atoms. The second-order valence-electron chi connectivity index (χ2n) is 11.9. The Morgan fingerprint density at radius 2 is 1.57 bits per heavy atom. The number of oxime groups is 1. The molecule has 4 aliphatic rings. The number of carbonyl (C=O) groups is 1. The van der Waals surface area contributed by atoms with Crippen LogP contribution in [0.25, 0.3) is 11.0 Å². The monoisotopic (exact) mass is 506 g/mol. The standard InChI is InChI=1S/C29H38N4O4/c34-27(35)12-11-25(31-37)28-29(36)33(26-10-2-1-9-24(26)30-28)23-16-20-7-4-8-21(17-23)32(20)22-14-18-5-3-6-19(13-18)15-22/h1-2,9-10,18-23,37H,3-8,11-17H2,(H,34,35)/b31-25+/t18-,19?,20-,21+,22?,23?/m1/s1. The van der Waals surface area contributed by atoms with Crippen LogP contribution in [0, 0.1) is 11.8 Å². The average Bonchev–Trinajstić information content (AvgIpc) is 2.88. The third kappa shape index (κ3) is 4.69. The van der Waals surface area contributed by atoms with E-state index in [1.165, 1.54) is 57.8 Å². The van der Waals surface area contributed by atoms with Crippen molar-refractivity contribution in [3.05, 3.63) is 40.3 Å². The van der Waals surface area contributed by atoms with Crippen molar-refractivity contribution in [3.63, 3.8) is 0 Å². The number of fused-ring (bicyclic) bond motifs is 5. The maximum atomic E-state index is 13.9. The summed E-state index contributed by atoms with van der Waals surface area (Å²) in [5.74, 6) is 0.786. The molecule has 2 saturated carbocycles. The van der Waals surface area contributed by atoms with Crippen LogP contribution in [-0.4, -0.2) is 54.6 Å². The van der Waals surface area contributed by atoms with Gasteiger partial charge >= 0.3 is 5.97 Å². The Hall–Kier alpha value is -2.74. The summed E-state index contributed by atoms with van der Waals surface area (Å²) in [5, 5.41) is 22.1. The van der Waals surface area contributed by atoms with Gasteiger partial charge in [0.2, 0.25) is 0 Å². The summed E-state index contributed by atoms with van der Waals surface area (Å²) in [4.78, 5) is 32.5. The molecule has 3 heterocycles. The fourth-order valence-electron chi connectivity index (χ4n) is 8.28. The highest BCUT2D eigenvalue weighted by molar-refractivity contribution is 6.00. The molecule has 6 rings (SSSR count). The minimum atomic E-state index is -1.01. The average molecular weight is 507 g/mol. The van der Waals surface area contributed by atoms with Gasteiger partial charge in [0.1, 0.15) is 5.71 Å². The Balaban J connectivity index is 1.34. The van der Waals surface area contributed by atoms with Gasteiger partial charge in [-0.1, -0.05) is 43.0 Å². The first-order chi connectivity index (χ1) is 18.0. The summed E-state index contributed by atoms with van der Waals surface area (Å²) in [6, 6.07) is 9.35. The van der Waals surface area contributed by atoms with Crippen LogP contribution in [0.3, 0.4) is 0 Å². The zero-order valence-corrected chi connectivity index (χ0v) is 21.5. The molecular weight excluding hydrogens is 468 g/mol. The van der Waals surface area contributed by atoms with Gasteiger partial charge in [0.05, 0.1) is 17.5 Å². The number of piperidine rings is 2. The molecule has 37 heavy (non-hydrogen) atoms. The van der Waals surface area contributed by atoms with Crippen LogP contribution in [0.2, 0.25) is 0 Å². The summed E-state index contributed by atoms with van der Waals surface area (Å²) in [6.07, 6.45) is 13.6. The van der Waals surface area contributed by atoms with E-state index < -0.39 is 5.97 Å². The molecule has 2 saturated heterocycles. The minimum absolute atomic E-state index is 0.0401. The van der Waals surface area contributed by atoms with Gasteiger partial charge < -0.3 is 14.9 Å². The normalized spacial score (nSPS) is 32.4. The molecule has 0 radical (unpaired) electrons. The number of hydrogen-bond donors (Lipinski definition) is 2. The number of carboxylic acid groups (broad SMARTS) is 1. The second-order valence-corrected chi connectivity index (χ2v) is 11.9. The van der Waals surface area contributed by atoms with Crippen molar-refractivity contribution in [3.8, 4) is 0 Å². The SMILES string of the molecule is O=C(O)CC/C(=N\O)c1nc2ccccc2n(C2C[C@H]3CCC[C@@H](C2)N3C2CC3CCC[C@H](C3)C2)c1=O. The van der Waals surface area contributed by atoms with E-state index in [-0.39, 0.29) is 35.8 Å². The molecule has 2 aliphatic heterocycles. The van der Waals surface area contributed by atoms with Gasteiger partial charge in [-0.15, -0.1) is 0 Å². The van der Waals surface area contributed by atoms with E-state index in [1.54, 1.807) is 0 Å². The van der Waals surface area contributed by atoms with Gasteiger partial charge in [0, 0.05) is 30.6 Å². The number of rotatable bonds is 6. The lowest BCUT2D eigenvalue weighted by Crippen LogP contribution is -2.58. The maximum absolute atomic E-state index is 13.9. The van der Waals surface area contributed by atoms with Crippen LogP contribution >= 0.6 is 0 Å². The van der Waals surface area contributed by atoms with E-state index in [1.807, 2.05) is 28.8 Å². The minimum Gasteiger partial charge on any atom is -0.481 e. The summed E-state index contributed by atoms with van der Waals surface area (Å²) < 4.78 is 1.89. The third-order valence-electron chi connectivity index (χ3n) is 9.66. The van der Waals surface area contributed by atoms with Gasteiger partial charge in [0.25, 0.3) is 5.56 Å². The third-order valence-corrected chi connectivity index (χ3v) is 9.66. The molecule has 8 nitrogen and oxygen atoms in total. The molecule has 198 valence electrons. The molecule has 2 aliphatic carbocycles. The van der Waals surface area contributed by atoms with Gasteiger partial charge in [-0.3, -0.25) is 14.5 Å². The molecule has 6 atom stereocenters. The van der Waals surface area contributed by atoms with Crippen LogP contribution in [-0.2, 0) is 4.79 Å². The number of nitrogens with zero attached hydrogens (tertiary/aromatic N) is 4. The van der Waals surface area contributed by atoms with Gasteiger partial charge in [0.15, 0.2) is 5.69 Å². The van der Waals surface area contributed by atoms with Crippen LogP contribution in [0.4, 0.5) is 0 Å². The fraction of sp³-hybridized carbons (Fsp3) is 0.655. The Labute approximate surface area is 217 Å². The highest BCUT2D eigenvalue weighted by atomic mass is 16.4. The Morgan fingerprint density at radius 1 is 0.892 bits per heavy atom. The summed E-state index contributed by atoms with van der Waals surface area (Å²) >= 11 is 0. The van der Waals surface area contributed by atoms with Crippen molar-refractivity contribution in [1.82, 2.24) is 14.5 Å². The molecule has 4 bridgehead atoms. The molecule has 2 aromatic rings. The molecule has 4 fully saturated rings. The van der Waals surface area contributed by atoms with E-state index in [2.05, 4.69) is 15.0 Å². The number of aliphatic carboxylic acids is 1. The number of benzene rings is 1. The predicted octanol–water partition coefficient (Wildman–Crippen LogP) is 4.97.